The Morgan fingerprint density at radius 2 is 1.94 bits per heavy atom. The van der Waals surface area contributed by atoms with E-state index in [9.17, 15) is 4.79 Å². The highest BCUT2D eigenvalue weighted by atomic mass is 16.2. The number of nitrogens with two attached hydrogens (primary N) is 1. The standard InChI is InChI=1S/C14H20N2O/c1-10-6-5-7-11(2)13(10)12-8-3-4-9-16(12)14(15)17/h5-7,12H,3-4,8-9H2,1-2H3,(H2,15,17). The zero-order chi connectivity index (χ0) is 12.4. The third-order valence-corrected chi connectivity index (χ3v) is 3.66. The molecule has 1 aliphatic heterocycles. The van der Waals surface area contributed by atoms with Crippen LogP contribution in [0, 0.1) is 13.8 Å². The molecule has 0 saturated carbocycles. The zero-order valence-corrected chi connectivity index (χ0v) is 10.6. The fourth-order valence-corrected chi connectivity index (χ4v) is 2.85. The van der Waals surface area contributed by atoms with Gasteiger partial charge in [0.25, 0.3) is 0 Å². The molecule has 0 spiro atoms. The maximum atomic E-state index is 11.5. The largest absolute Gasteiger partial charge is 0.351 e. The lowest BCUT2D eigenvalue weighted by atomic mass is 9.89. The molecule has 92 valence electrons. The number of rotatable bonds is 1. The highest BCUT2D eigenvalue weighted by Gasteiger charge is 2.28. The number of amides is 2. The van der Waals surface area contributed by atoms with Gasteiger partial charge in [0.1, 0.15) is 0 Å². The molecule has 3 heteroatoms. The third-order valence-electron chi connectivity index (χ3n) is 3.66. The lowest BCUT2D eigenvalue weighted by Crippen LogP contribution is -2.42. The van der Waals surface area contributed by atoms with E-state index < -0.39 is 0 Å². The molecule has 2 amide bonds. The predicted molar refractivity (Wildman–Crippen MR) is 68.8 cm³/mol. The van der Waals surface area contributed by atoms with Crippen LogP contribution in [0.15, 0.2) is 18.2 Å². The fourth-order valence-electron chi connectivity index (χ4n) is 2.85. The Kier molecular flexibility index (Phi) is 3.36. The quantitative estimate of drug-likeness (QED) is 0.795. The van der Waals surface area contributed by atoms with Crippen molar-refractivity contribution in [3.05, 3.63) is 34.9 Å². The van der Waals surface area contributed by atoms with Crippen LogP contribution < -0.4 is 5.73 Å². The third kappa shape index (κ3) is 2.28. The first-order valence-electron chi connectivity index (χ1n) is 6.23. The van der Waals surface area contributed by atoms with Crippen LogP contribution in [0.1, 0.15) is 42.0 Å². The summed E-state index contributed by atoms with van der Waals surface area (Å²) in [5.41, 5.74) is 9.27. The van der Waals surface area contributed by atoms with E-state index in [0.29, 0.717) is 0 Å². The van der Waals surface area contributed by atoms with Crippen molar-refractivity contribution in [3.63, 3.8) is 0 Å². The van der Waals surface area contributed by atoms with Gasteiger partial charge >= 0.3 is 6.03 Å². The second kappa shape index (κ2) is 4.78. The monoisotopic (exact) mass is 232 g/mol. The smallest absolute Gasteiger partial charge is 0.315 e. The van der Waals surface area contributed by atoms with Crippen molar-refractivity contribution in [1.82, 2.24) is 4.90 Å². The van der Waals surface area contributed by atoms with Crippen LogP contribution in [0.25, 0.3) is 0 Å². The number of hydrogen-bond donors (Lipinski definition) is 1. The van der Waals surface area contributed by atoms with Gasteiger partial charge in [0, 0.05) is 6.54 Å². The fraction of sp³-hybridized carbons (Fsp3) is 0.500. The molecule has 3 nitrogen and oxygen atoms in total. The second-order valence-corrected chi connectivity index (χ2v) is 4.85. The molecule has 0 radical (unpaired) electrons. The van der Waals surface area contributed by atoms with Gasteiger partial charge in [-0.3, -0.25) is 0 Å². The number of likely N-dealkylation sites (tertiary alicyclic amines) is 1. The van der Waals surface area contributed by atoms with E-state index in [1.807, 2.05) is 4.90 Å². The number of carbonyl (C=O) groups is 1. The Morgan fingerprint density at radius 1 is 1.29 bits per heavy atom. The van der Waals surface area contributed by atoms with Crippen molar-refractivity contribution < 1.29 is 4.79 Å². The van der Waals surface area contributed by atoms with E-state index in [-0.39, 0.29) is 12.1 Å². The number of primary amides is 1. The molecule has 2 rings (SSSR count). The van der Waals surface area contributed by atoms with Gasteiger partial charge in [0.15, 0.2) is 0 Å². The average Bonchev–Trinajstić information content (AvgIpc) is 2.29. The van der Waals surface area contributed by atoms with Gasteiger partial charge in [-0.25, -0.2) is 4.79 Å². The van der Waals surface area contributed by atoms with E-state index in [0.717, 1.165) is 19.4 Å². The second-order valence-electron chi connectivity index (χ2n) is 4.85. The molecular formula is C14H20N2O. The number of piperidine rings is 1. The summed E-state index contributed by atoms with van der Waals surface area (Å²) in [4.78, 5) is 13.3. The molecule has 1 aliphatic rings. The van der Waals surface area contributed by atoms with Crippen molar-refractivity contribution in [2.75, 3.05) is 6.54 Å². The summed E-state index contributed by atoms with van der Waals surface area (Å²) in [6.45, 7) is 5.00. The SMILES string of the molecule is Cc1cccc(C)c1C1CCCCN1C(N)=O. The minimum absolute atomic E-state index is 0.169. The number of carbonyl (C=O) groups excluding carboxylic acids is 1. The van der Waals surface area contributed by atoms with Crippen LogP contribution in [0.4, 0.5) is 4.79 Å². The van der Waals surface area contributed by atoms with E-state index >= 15 is 0 Å². The first-order chi connectivity index (χ1) is 8.11. The minimum Gasteiger partial charge on any atom is -0.351 e. The molecule has 0 aliphatic carbocycles. The number of nitrogens with zero attached hydrogens (tertiary/aromatic N) is 1. The number of aryl methyl sites for hydroxylation is 2. The Bertz CT molecular complexity index is 408. The lowest BCUT2D eigenvalue weighted by molar-refractivity contribution is 0.159. The zero-order valence-electron chi connectivity index (χ0n) is 10.6. The molecule has 1 saturated heterocycles. The highest BCUT2D eigenvalue weighted by Crippen LogP contribution is 2.34. The van der Waals surface area contributed by atoms with E-state index in [1.165, 1.54) is 23.1 Å². The van der Waals surface area contributed by atoms with Crippen LogP contribution >= 0.6 is 0 Å². The van der Waals surface area contributed by atoms with E-state index in [1.54, 1.807) is 0 Å². The van der Waals surface area contributed by atoms with Gasteiger partial charge in [-0.2, -0.15) is 0 Å². The first-order valence-corrected chi connectivity index (χ1v) is 6.23. The summed E-state index contributed by atoms with van der Waals surface area (Å²) >= 11 is 0. The number of benzene rings is 1. The normalized spacial score (nSPS) is 20.4. The minimum atomic E-state index is -0.294. The Morgan fingerprint density at radius 3 is 2.53 bits per heavy atom. The molecule has 2 N–H and O–H groups in total. The maximum absolute atomic E-state index is 11.5. The summed E-state index contributed by atoms with van der Waals surface area (Å²) < 4.78 is 0. The average molecular weight is 232 g/mol. The summed E-state index contributed by atoms with van der Waals surface area (Å²) in [7, 11) is 0. The molecule has 17 heavy (non-hydrogen) atoms. The van der Waals surface area contributed by atoms with Gasteiger partial charge in [0.2, 0.25) is 0 Å². The van der Waals surface area contributed by atoms with Gasteiger partial charge in [0.05, 0.1) is 6.04 Å². The van der Waals surface area contributed by atoms with Gasteiger partial charge in [-0.15, -0.1) is 0 Å². The van der Waals surface area contributed by atoms with Crippen LogP contribution in [-0.4, -0.2) is 17.5 Å². The number of hydrogen-bond acceptors (Lipinski definition) is 1. The molecule has 1 heterocycles. The topological polar surface area (TPSA) is 46.3 Å². The van der Waals surface area contributed by atoms with Crippen LogP contribution in [0.3, 0.4) is 0 Å². The van der Waals surface area contributed by atoms with Crippen molar-refractivity contribution in [2.24, 2.45) is 5.73 Å². The van der Waals surface area contributed by atoms with Gasteiger partial charge in [-0.05, 0) is 49.8 Å². The molecule has 1 atom stereocenters. The molecule has 1 aromatic carbocycles. The molecule has 1 fully saturated rings. The van der Waals surface area contributed by atoms with E-state index in [2.05, 4.69) is 32.0 Å². The first kappa shape index (κ1) is 12.0. The number of urea groups is 1. The molecule has 1 unspecified atom stereocenters. The van der Waals surface area contributed by atoms with E-state index in [4.69, 9.17) is 5.73 Å². The molecule has 1 aromatic rings. The maximum Gasteiger partial charge on any atom is 0.315 e. The van der Waals surface area contributed by atoms with Crippen molar-refractivity contribution >= 4 is 6.03 Å². The van der Waals surface area contributed by atoms with Crippen molar-refractivity contribution in [3.8, 4) is 0 Å². The molecule has 0 bridgehead atoms. The molecular weight excluding hydrogens is 212 g/mol. The van der Waals surface area contributed by atoms with Gasteiger partial charge in [-0.1, -0.05) is 18.2 Å². The summed E-state index contributed by atoms with van der Waals surface area (Å²) in [6.07, 6.45) is 3.25. The van der Waals surface area contributed by atoms with Crippen LogP contribution in [0.5, 0.6) is 0 Å². The summed E-state index contributed by atoms with van der Waals surface area (Å²) in [6, 6.07) is 6.15. The molecule has 0 aromatic heterocycles. The lowest BCUT2D eigenvalue weighted by Gasteiger charge is -2.36. The highest BCUT2D eigenvalue weighted by molar-refractivity contribution is 5.73. The summed E-state index contributed by atoms with van der Waals surface area (Å²) in [5.74, 6) is 0. The van der Waals surface area contributed by atoms with Gasteiger partial charge < -0.3 is 10.6 Å². The Balaban J connectivity index is 2.39. The van der Waals surface area contributed by atoms with Crippen LogP contribution in [-0.2, 0) is 0 Å². The Labute approximate surface area is 103 Å². The van der Waals surface area contributed by atoms with Crippen molar-refractivity contribution in [2.45, 2.75) is 39.2 Å². The summed E-state index contributed by atoms with van der Waals surface area (Å²) in [5, 5.41) is 0. The van der Waals surface area contributed by atoms with Crippen molar-refractivity contribution in [1.29, 1.82) is 0 Å². The van der Waals surface area contributed by atoms with Crippen LogP contribution in [0.2, 0.25) is 0 Å². The predicted octanol–water partition coefficient (Wildman–Crippen LogP) is 2.91. The Hall–Kier alpha value is -1.51.